The van der Waals surface area contributed by atoms with E-state index in [1.54, 1.807) is 52.9 Å². The van der Waals surface area contributed by atoms with E-state index in [2.05, 4.69) is 20.3 Å². The summed E-state index contributed by atoms with van der Waals surface area (Å²) in [5, 5.41) is 15.9. The molecule has 2 heterocycles. The summed E-state index contributed by atoms with van der Waals surface area (Å²) >= 11 is 1.79. The molecule has 4 atom stereocenters. The highest BCUT2D eigenvalue weighted by molar-refractivity contribution is 14.1. The highest BCUT2D eigenvalue weighted by Gasteiger charge is 2.55. The number of ether oxygens (including phenoxy) is 1. The number of nitrogens with one attached hydrogen (secondary N) is 1. The normalized spacial score (nSPS) is 26.5. The van der Waals surface area contributed by atoms with Crippen LogP contribution in [-0.2, 0) is 4.74 Å². The van der Waals surface area contributed by atoms with Crippen LogP contribution in [0.5, 0.6) is 0 Å². The molecule has 146 valence electrons. The minimum atomic E-state index is -2.02. The number of amides is 1. The number of azide groups is 1. The highest BCUT2D eigenvalue weighted by Crippen LogP contribution is 2.40. The molecular formula is C16H14FIN6O4. The van der Waals surface area contributed by atoms with Gasteiger partial charge in [-0.2, -0.15) is 4.98 Å². The fraction of sp³-hybridized carbons (Fsp3) is 0.312. The van der Waals surface area contributed by atoms with E-state index in [0.29, 0.717) is 5.56 Å². The zero-order chi connectivity index (χ0) is 20.3. The first-order chi connectivity index (χ1) is 13.4. The Morgan fingerprint density at radius 1 is 1.46 bits per heavy atom. The predicted molar refractivity (Wildman–Crippen MR) is 105 cm³/mol. The second-order valence-electron chi connectivity index (χ2n) is 5.89. The Morgan fingerprint density at radius 3 is 2.79 bits per heavy atom. The van der Waals surface area contributed by atoms with Gasteiger partial charge in [-0.1, -0.05) is 45.9 Å². The Kier molecular flexibility index (Phi) is 5.93. The number of hydrogen-bond acceptors (Lipinski definition) is 6. The van der Waals surface area contributed by atoms with Gasteiger partial charge >= 0.3 is 5.69 Å². The fourth-order valence-electron chi connectivity index (χ4n) is 2.71. The Bertz CT molecular complexity index is 983. The van der Waals surface area contributed by atoms with Crippen molar-refractivity contribution in [1.29, 1.82) is 0 Å². The lowest BCUT2D eigenvalue weighted by Crippen LogP contribution is -2.41. The zero-order valence-corrected chi connectivity index (χ0v) is 16.3. The second kappa shape index (κ2) is 8.22. The first-order valence-corrected chi connectivity index (χ1v) is 9.52. The monoisotopic (exact) mass is 500 g/mol. The third kappa shape index (κ3) is 3.71. The van der Waals surface area contributed by atoms with Gasteiger partial charge < -0.3 is 15.2 Å². The smallest absolute Gasteiger partial charge is 0.351 e. The van der Waals surface area contributed by atoms with E-state index in [9.17, 15) is 19.1 Å². The lowest BCUT2D eigenvalue weighted by atomic mass is 10.1. The lowest BCUT2D eigenvalue weighted by Gasteiger charge is -2.23. The molecule has 10 nitrogen and oxygen atoms in total. The molecule has 0 unspecified atom stereocenters. The third-order valence-electron chi connectivity index (χ3n) is 4.15. The molecule has 28 heavy (non-hydrogen) atoms. The zero-order valence-electron chi connectivity index (χ0n) is 14.1. The summed E-state index contributed by atoms with van der Waals surface area (Å²) in [6.45, 7) is 0. The van der Waals surface area contributed by atoms with Crippen LogP contribution in [0.1, 0.15) is 16.6 Å². The van der Waals surface area contributed by atoms with Gasteiger partial charge in [0.1, 0.15) is 11.9 Å². The van der Waals surface area contributed by atoms with Crippen LogP contribution in [0.4, 0.5) is 10.2 Å². The summed E-state index contributed by atoms with van der Waals surface area (Å²) < 4.78 is 20.8. The number of carbonyl (C=O) groups excluding carboxylic acids is 1. The van der Waals surface area contributed by atoms with Crippen LogP contribution in [0, 0.1) is 0 Å². The molecule has 2 N–H and O–H groups in total. The summed E-state index contributed by atoms with van der Waals surface area (Å²) in [5.41, 5.74) is 6.31. The molecule has 0 radical (unpaired) electrons. The lowest BCUT2D eigenvalue weighted by molar-refractivity contribution is -0.0833. The van der Waals surface area contributed by atoms with Crippen LogP contribution in [0.2, 0.25) is 0 Å². The maximum atomic E-state index is 14.6. The first kappa shape index (κ1) is 20.2. The van der Waals surface area contributed by atoms with Crippen molar-refractivity contribution < 1.29 is 19.0 Å². The summed E-state index contributed by atoms with van der Waals surface area (Å²) in [6.07, 6.45) is -4.13. The maximum absolute atomic E-state index is 14.6. The number of rotatable bonds is 5. The number of anilines is 1. The summed E-state index contributed by atoms with van der Waals surface area (Å²) in [5.74, 6) is -0.493. The number of hydrogen-bond donors (Lipinski definition) is 2. The van der Waals surface area contributed by atoms with E-state index >= 15 is 0 Å². The van der Waals surface area contributed by atoms with Gasteiger partial charge in [-0.15, -0.1) is 0 Å². The van der Waals surface area contributed by atoms with Gasteiger partial charge in [-0.25, -0.2) is 9.18 Å². The topological polar surface area (TPSA) is 142 Å². The van der Waals surface area contributed by atoms with E-state index in [4.69, 9.17) is 10.3 Å². The average Bonchev–Trinajstić information content (AvgIpc) is 2.94. The second-order valence-corrected chi connectivity index (χ2v) is 6.65. The maximum Gasteiger partial charge on any atom is 0.351 e. The molecule has 1 aromatic carbocycles. The molecule has 12 heteroatoms. The highest BCUT2D eigenvalue weighted by atomic mass is 127. The number of aliphatic hydroxyl groups excluding tert-OH is 1. The molecule has 1 aliphatic rings. The average molecular weight is 500 g/mol. The van der Waals surface area contributed by atoms with Crippen LogP contribution in [0.3, 0.4) is 0 Å². The summed E-state index contributed by atoms with van der Waals surface area (Å²) in [7, 11) is 0. The summed E-state index contributed by atoms with van der Waals surface area (Å²) in [4.78, 5) is 30.7. The van der Waals surface area contributed by atoms with Gasteiger partial charge in [-0.05, 0) is 23.7 Å². The number of aliphatic hydroxyl groups is 1. The van der Waals surface area contributed by atoms with Crippen molar-refractivity contribution in [3.63, 3.8) is 0 Å². The van der Waals surface area contributed by atoms with Crippen LogP contribution >= 0.6 is 22.6 Å². The number of benzene rings is 1. The van der Waals surface area contributed by atoms with Gasteiger partial charge in [-0.3, -0.25) is 9.36 Å². The van der Waals surface area contributed by atoms with E-state index in [1.807, 2.05) is 0 Å². The van der Waals surface area contributed by atoms with Crippen LogP contribution in [0.15, 0.2) is 52.5 Å². The van der Waals surface area contributed by atoms with Crippen LogP contribution in [0.25, 0.3) is 10.4 Å². The SMILES string of the molecule is [N-]=[N+]=N[C@]1(CI)O[C@@H](n2ccc(NC(=O)c3ccccc3)nc2=O)[C@H](F)[C@@H]1O. The van der Waals surface area contributed by atoms with Crippen LogP contribution in [-0.4, -0.2) is 43.0 Å². The van der Waals surface area contributed by atoms with Gasteiger partial charge in [0.2, 0.25) is 0 Å². The quantitative estimate of drug-likeness (QED) is 0.213. The van der Waals surface area contributed by atoms with Crippen molar-refractivity contribution in [1.82, 2.24) is 9.55 Å². The minimum Gasteiger partial charge on any atom is -0.387 e. The summed E-state index contributed by atoms with van der Waals surface area (Å²) in [6, 6.07) is 9.61. The predicted octanol–water partition coefficient (Wildman–Crippen LogP) is 2.16. The van der Waals surface area contributed by atoms with Gasteiger partial charge in [0.15, 0.2) is 18.1 Å². The number of carbonyl (C=O) groups is 1. The Labute approximate surface area is 171 Å². The van der Waals surface area contributed by atoms with Crippen LogP contribution < -0.4 is 11.0 Å². The van der Waals surface area contributed by atoms with Gasteiger partial charge in [0.05, 0.1) is 0 Å². The van der Waals surface area contributed by atoms with E-state index < -0.39 is 35.8 Å². The molecular weight excluding hydrogens is 486 g/mol. The molecule has 1 amide bonds. The Balaban J connectivity index is 1.84. The minimum absolute atomic E-state index is 0.0275. The molecule has 1 fully saturated rings. The van der Waals surface area contributed by atoms with Crippen molar-refractivity contribution in [3.05, 3.63) is 69.1 Å². The standard InChI is InChI=1S/C16H14FIN6O4/c17-11-12(25)16(8-18,22-23-19)28-14(11)24-7-6-10(21-15(24)27)20-13(26)9-4-2-1-3-5-9/h1-7,11-12,14,25H,8H2,(H,20,21,26,27)/t11-,12+,14-,16-/m1/s1. The van der Waals surface area contributed by atoms with Crippen molar-refractivity contribution in [3.8, 4) is 0 Å². The fourth-order valence-corrected chi connectivity index (χ4v) is 3.49. The number of alkyl halides is 2. The molecule has 2 aromatic rings. The molecule has 0 bridgehead atoms. The molecule has 1 saturated heterocycles. The first-order valence-electron chi connectivity index (χ1n) is 7.99. The molecule has 0 aliphatic carbocycles. The largest absolute Gasteiger partial charge is 0.387 e. The Morgan fingerprint density at radius 2 is 2.18 bits per heavy atom. The molecule has 0 saturated carbocycles. The molecule has 0 spiro atoms. The van der Waals surface area contributed by atoms with Crippen molar-refractivity contribution in [2.75, 3.05) is 9.74 Å². The van der Waals surface area contributed by atoms with E-state index in [0.717, 1.165) is 4.57 Å². The van der Waals surface area contributed by atoms with E-state index in [1.165, 1.54) is 12.3 Å². The molecule has 1 aromatic heterocycles. The van der Waals surface area contributed by atoms with E-state index in [-0.39, 0.29) is 10.2 Å². The molecule has 3 rings (SSSR count). The van der Waals surface area contributed by atoms with Crippen molar-refractivity contribution in [2.45, 2.75) is 24.2 Å². The van der Waals surface area contributed by atoms with Crippen molar-refractivity contribution in [2.24, 2.45) is 5.11 Å². The van der Waals surface area contributed by atoms with Gasteiger partial charge in [0, 0.05) is 21.1 Å². The number of nitrogens with zero attached hydrogens (tertiary/aromatic N) is 5. The third-order valence-corrected chi connectivity index (χ3v) is 5.24. The molecule has 1 aliphatic heterocycles. The number of aromatic nitrogens is 2. The van der Waals surface area contributed by atoms with Gasteiger partial charge in [0.25, 0.3) is 5.91 Å². The number of halogens is 2. The Hall–Kier alpha value is -2.54. The van der Waals surface area contributed by atoms with Crippen molar-refractivity contribution >= 4 is 34.3 Å².